The minimum absolute atomic E-state index is 0.0811. The molecule has 4 aromatic rings. The SMILES string of the molecule is NCC(=O)NCOCc1ccc2c(ccc3nc4c(cc32)Cn2c-4cc3c(c2=O)COC(=O)C3O)c1. The van der Waals surface area contributed by atoms with Gasteiger partial charge in [0, 0.05) is 16.5 Å². The number of aliphatic hydroxyl groups is 1. The zero-order valence-corrected chi connectivity index (χ0v) is 19.1. The zero-order valence-electron chi connectivity index (χ0n) is 19.1. The molecule has 0 saturated carbocycles. The quantitative estimate of drug-likeness (QED) is 0.145. The Bertz CT molecular complexity index is 1640. The third-order valence-electron chi connectivity index (χ3n) is 6.67. The highest BCUT2D eigenvalue weighted by molar-refractivity contribution is 6.07. The molecule has 4 N–H and O–H groups in total. The van der Waals surface area contributed by atoms with Crippen molar-refractivity contribution in [1.82, 2.24) is 14.9 Å². The maximum atomic E-state index is 13.1. The summed E-state index contributed by atoms with van der Waals surface area (Å²) < 4.78 is 12.1. The van der Waals surface area contributed by atoms with Crippen molar-refractivity contribution in [3.63, 3.8) is 0 Å². The molecular weight excluding hydrogens is 464 g/mol. The van der Waals surface area contributed by atoms with Crippen LogP contribution in [0.5, 0.6) is 0 Å². The summed E-state index contributed by atoms with van der Waals surface area (Å²) in [7, 11) is 0. The van der Waals surface area contributed by atoms with Crippen molar-refractivity contribution < 1.29 is 24.2 Å². The van der Waals surface area contributed by atoms with E-state index in [2.05, 4.69) is 5.32 Å². The van der Waals surface area contributed by atoms with Crippen molar-refractivity contribution in [2.45, 2.75) is 25.9 Å². The molecule has 0 saturated heterocycles. The summed E-state index contributed by atoms with van der Waals surface area (Å²) in [4.78, 5) is 41.0. The van der Waals surface area contributed by atoms with Crippen LogP contribution < -0.4 is 16.6 Å². The summed E-state index contributed by atoms with van der Waals surface area (Å²) in [6, 6.07) is 13.6. The second kappa shape index (κ2) is 8.52. The Morgan fingerprint density at radius 3 is 2.89 bits per heavy atom. The van der Waals surface area contributed by atoms with Gasteiger partial charge in [0.1, 0.15) is 13.3 Å². The number of carbonyl (C=O) groups excluding carboxylic acids is 2. The molecule has 36 heavy (non-hydrogen) atoms. The van der Waals surface area contributed by atoms with Gasteiger partial charge >= 0.3 is 5.97 Å². The van der Waals surface area contributed by atoms with Crippen molar-refractivity contribution in [2.75, 3.05) is 13.3 Å². The van der Waals surface area contributed by atoms with Crippen LogP contribution in [0, 0.1) is 0 Å². The van der Waals surface area contributed by atoms with Gasteiger partial charge in [-0.15, -0.1) is 0 Å². The Morgan fingerprint density at radius 1 is 1.19 bits per heavy atom. The fraction of sp³-hybridized carbons (Fsp3) is 0.231. The number of amides is 1. The van der Waals surface area contributed by atoms with Crippen LogP contribution in [-0.2, 0) is 38.8 Å². The molecule has 2 aliphatic heterocycles. The van der Waals surface area contributed by atoms with E-state index in [1.807, 2.05) is 36.4 Å². The molecule has 6 rings (SSSR count). The minimum Gasteiger partial charge on any atom is -0.458 e. The summed E-state index contributed by atoms with van der Waals surface area (Å²) in [6.07, 6.45) is -1.48. The zero-order chi connectivity index (χ0) is 25.0. The van der Waals surface area contributed by atoms with Gasteiger partial charge in [-0.1, -0.05) is 18.2 Å². The van der Waals surface area contributed by atoms with Crippen LogP contribution in [-0.4, -0.2) is 39.8 Å². The van der Waals surface area contributed by atoms with Crippen molar-refractivity contribution in [1.29, 1.82) is 0 Å². The van der Waals surface area contributed by atoms with Crippen LogP contribution in [0.4, 0.5) is 0 Å². The van der Waals surface area contributed by atoms with Crippen molar-refractivity contribution in [3.8, 4) is 11.4 Å². The van der Waals surface area contributed by atoms with E-state index >= 15 is 0 Å². The lowest BCUT2D eigenvalue weighted by molar-refractivity contribution is -0.157. The standard InChI is InChI=1S/C26H22N4O6/c27-8-22(31)28-12-35-10-13-1-3-16-14(5-13)2-4-20-17(16)6-15-9-30-21(23(15)29-20)7-18-19(25(30)33)11-36-26(34)24(18)32/h1-7,24,32H,8-12,27H2,(H,28,31). The number of nitrogens with zero attached hydrogens (tertiary/aromatic N) is 2. The average molecular weight is 486 g/mol. The number of esters is 1. The normalized spacial score (nSPS) is 15.9. The number of ether oxygens (including phenoxy) is 2. The van der Waals surface area contributed by atoms with E-state index in [1.165, 1.54) is 0 Å². The fourth-order valence-electron chi connectivity index (χ4n) is 4.85. The lowest BCUT2D eigenvalue weighted by Gasteiger charge is -2.21. The molecule has 1 unspecified atom stereocenters. The summed E-state index contributed by atoms with van der Waals surface area (Å²) in [6.45, 7) is 0.541. The highest BCUT2D eigenvalue weighted by Crippen LogP contribution is 2.36. The molecule has 10 nitrogen and oxygen atoms in total. The summed E-state index contributed by atoms with van der Waals surface area (Å²) >= 11 is 0. The molecule has 0 spiro atoms. The maximum absolute atomic E-state index is 13.1. The summed E-state index contributed by atoms with van der Waals surface area (Å²) in [5.74, 6) is -1.03. The molecule has 0 bridgehead atoms. The third-order valence-corrected chi connectivity index (χ3v) is 6.67. The van der Waals surface area contributed by atoms with Crippen molar-refractivity contribution >= 4 is 33.6 Å². The average Bonchev–Trinajstić information content (AvgIpc) is 3.25. The molecule has 2 aromatic carbocycles. The number of pyridine rings is 2. The number of benzene rings is 2. The number of cyclic esters (lactones) is 1. The van der Waals surface area contributed by atoms with E-state index in [4.69, 9.17) is 20.2 Å². The minimum atomic E-state index is -1.48. The maximum Gasteiger partial charge on any atom is 0.340 e. The molecule has 182 valence electrons. The van der Waals surface area contributed by atoms with Gasteiger partial charge in [0.25, 0.3) is 5.56 Å². The molecule has 2 aliphatic rings. The van der Waals surface area contributed by atoms with E-state index in [-0.39, 0.29) is 36.9 Å². The number of hydrogen-bond acceptors (Lipinski definition) is 8. The van der Waals surface area contributed by atoms with Crippen LogP contribution in [0.2, 0.25) is 0 Å². The number of aliphatic hydroxyl groups excluding tert-OH is 1. The van der Waals surface area contributed by atoms with Gasteiger partial charge in [0.05, 0.1) is 42.2 Å². The van der Waals surface area contributed by atoms with E-state index in [9.17, 15) is 19.5 Å². The van der Waals surface area contributed by atoms with Gasteiger partial charge in [-0.25, -0.2) is 9.78 Å². The van der Waals surface area contributed by atoms with Gasteiger partial charge in [0.15, 0.2) is 6.10 Å². The van der Waals surface area contributed by atoms with E-state index in [0.717, 1.165) is 32.8 Å². The third kappa shape index (κ3) is 3.54. The Balaban J connectivity index is 1.36. The Labute approximate surface area is 204 Å². The fourth-order valence-corrected chi connectivity index (χ4v) is 4.85. The molecule has 1 amide bonds. The number of nitrogens with two attached hydrogens (primary N) is 1. The highest BCUT2D eigenvalue weighted by Gasteiger charge is 2.33. The molecule has 4 heterocycles. The Kier molecular flexibility index (Phi) is 5.29. The van der Waals surface area contributed by atoms with Gasteiger partial charge in [-0.2, -0.15) is 0 Å². The predicted octanol–water partition coefficient (Wildman–Crippen LogP) is 1.22. The van der Waals surface area contributed by atoms with Crippen molar-refractivity contribution in [3.05, 3.63) is 75.1 Å². The highest BCUT2D eigenvalue weighted by atomic mass is 16.5. The van der Waals surface area contributed by atoms with Gasteiger partial charge < -0.3 is 30.2 Å². The van der Waals surface area contributed by atoms with Crippen LogP contribution in [0.1, 0.15) is 28.4 Å². The van der Waals surface area contributed by atoms with E-state index < -0.39 is 12.1 Å². The largest absolute Gasteiger partial charge is 0.458 e. The predicted molar refractivity (Wildman–Crippen MR) is 130 cm³/mol. The lowest BCUT2D eigenvalue weighted by Crippen LogP contribution is -2.32. The molecule has 2 aromatic heterocycles. The van der Waals surface area contributed by atoms with Gasteiger partial charge in [0.2, 0.25) is 5.91 Å². The first-order chi connectivity index (χ1) is 17.4. The van der Waals surface area contributed by atoms with Gasteiger partial charge in [-0.05, 0) is 40.6 Å². The Morgan fingerprint density at radius 2 is 2.06 bits per heavy atom. The smallest absolute Gasteiger partial charge is 0.340 e. The first-order valence-electron chi connectivity index (χ1n) is 11.5. The van der Waals surface area contributed by atoms with E-state index in [0.29, 0.717) is 30.1 Å². The molecule has 0 aliphatic carbocycles. The van der Waals surface area contributed by atoms with Gasteiger partial charge in [-0.3, -0.25) is 9.59 Å². The first kappa shape index (κ1) is 22.4. The summed E-state index contributed by atoms with van der Waals surface area (Å²) in [5, 5.41) is 15.8. The number of hydrogen-bond donors (Lipinski definition) is 3. The first-order valence-corrected chi connectivity index (χ1v) is 11.5. The van der Waals surface area contributed by atoms with Crippen LogP contribution >= 0.6 is 0 Å². The number of aromatic nitrogens is 2. The number of rotatable bonds is 5. The monoisotopic (exact) mass is 486 g/mol. The lowest BCUT2D eigenvalue weighted by atomic mass is 9.99. The molecule has 10 heteroatoms. The molecular formula is C26H22N4O6. The number of nitrogens with one attached hydrogen (secondary N) is 1. The second-order valence-electron chi connectivity index (χ2n) is 8.85. The van der Waals surface area contributed by atoms with Crippen LogP contribution in [0.3, 0.4) is 0 Å². The number of carbonyl (C=O) groups is 2. The molecule has 0 radical (unpaired) electrons. The molecule has 1 atom stereocenters. The Hall–Kier alpha value is -4.12. The van der Waals surface area contributed by atoms with E-state index in [1.54, 1.807) is 10.6 Å². The van der Waals surface area contributed by atoms with Crippen molar-refractivity contribution in [2.24, 2.45) is 5.73 Å². The number of fused-ring (bicyclic) bond motifs is 7. The topological polar surface area (TPSA) is 146 Å². The van der Waals surface area contributed by atoms with Crippen LogP contribution in [0.15, 0.2) is 47.3 Å². The molecule has 0 fully saturated rings. The van der Waals surface area contributed by atoms with Crippen LogP contribution in [0.25, 0.3) is 33.1 Å². The second-order valence-corrected chi connectivity index (χ2v) is 8.85. The summed E-state index contributed by atoms with van der Waals surface area (Å²) in [5.41, 5.74) is 9.42.